The smallest absolute Gasteiger partial charge is 0.335 e. The van der Waals surface area contributed by atoms with E-state index in [1.54, 1.807) is 14.0 Å². The van der Waals surface area contributed by atoms with Gasteiger partial charge in [0.15, 0.2) is 6.10 Å². The highest BCUT2D eigenvalue weighted by Crippen LogP contribution is 2.29. The van der Waals surface area contributed by atoms with Gasteiger partial charge in [-0.25, -0.2) is 4.79 Å². The Morgan fingerprint density at radius 2 is 1.75 bits per heavy atom. The molecule has 0 amide bonds. The van der Waals surface area contributed by atoms with E-state index in [2.05, 4.69) is 18.2 Å². The fraction of sp³-hybridized carbons (Fsp3) is 0.296. The summed E-state index contributed by atoms with van der Waals surface area (Å²) < 4.78 is 22.0. The van der Waals surface area contributed by atoms with Gasteiger partial charge in [0.2, 0.25) is 0 Å². The Labute approximate surface area is 189 Å². The number of methoxy groups -OCH3 is 1. The predicted octanol–water partition coefficient (Wildman–Crippen LogP) is 5.45. The molecule has 0 N–H and O–H groups in total. The second-order valence-electron chi connectivity index (χ2n) is 7.16. The van der Waals surface area contributed by atoms with E-state index in [0.29, 0.717) is 26.2 Å². The normalized spacial score (nSPS) is 12.1. The second kappa shape index (κ2) is 11.9. The van der Waals surface area contributed by atoms with Crippen LogP contribution in [0, 0.1) is 0 Å². The third-order valence-electron chi connectivity index (χ3n) is 5.04. The fourth-order valence-electron chi connectivity index (χ4n) is 3.52. The van der Waals surface area contributed by atoms with Gasteiger partial charge in [-0.05, 0) is 54.5 Å². The number of ether oxygens (including phenoxy) is 4. The van der Waals surface area contributed by atoms with Gasteiger partial charge in [-0.15, -0.1) is 0 Å². The van der Waals surface area contributed by atoms with E-state index in [9.17, 15) is 4.79 Å². The van der Waals surface area contributed by atoms with Crippen LogP contribution in [-0.2, 0) is 20.7 Å². The predicted molar refractivity (Wildman–Crippen MR) is 127 cm³/mol. The number of esters is 1. The molecular formula is C27H30O5. The molecule has 32 heavy (non-hydrogen) atoms. The summed E-state index contributed by atoms with van der Waals surface area (Å²) in [7, 11) is 1.68. The van der Waals surface area contributed by atoms with Crippen molar-refractivity contribution in [3.63, 3.8) is 0 Å². The van der Waals surface area contributed by atoms with E-state index < -0.39 is 6.10 Å². The first-order valence-corrected chi connectivity index (χ1v) is 10.9. The molecule has 3 aromatic rings. The van der Waals surface area contributed by atoms with Gasteiger partial charge < -0.3 is 18.9 Å². The molecule has 0 aliphatic heterocycles. The molecule has 5 nitrogen and oxygen atoms in total. The maximum absolute atomic E-state index is 12.0. The number of hydrogen-bond acceptors (Lipinski definition) is 5. The van der Waals surface area contributed by atoms with Crippen LogP contribution < -0.4 is 9.47 Å². The van der Waals surface area contributed by atoms with E-state index in [0.717, 1.165) is 33.4 Å². The van der Waals surface area contributed by atoms with Gasteiger partial charge in [0.05, 0.1) is 13.7 Å². The molecule has 5 heteroatoms. The van der Waals surface area contributed by atoms with E-state index >= 15 is 0 Å². The van der Waals surface area contributed by atoms with Crippen LogP contribution in [0.5, 0.6) is 11.5 Å². The molecule has 168 valence electrons. The summed E-state index contributed by atoms with van der Waals surface area (Å²) in [6.45, 7) is 4.88. The molecular weight excluding hydrogens is 404 g/mol. The van der Waals surface area contributed by atoms with E-state index in [4.69, 9.17) is 18.9 Å². The van der Waals surface area contributed by atoms with Gasteiger partial charge in [-0.1, -0.05) is 48.5 Å². The van der Waals surface area contributed by atoms with Crippen molar-refractivity contribution >= 4 is 22.8 Å². The van der Waals surface area contributed by atoms with Crippen LogP contribution in [0.2, 0.25) is 0 Å². The summed E-state index contributed by atoms with van der Waals surface area (Å²) >= 11 is 0. The summed E-state index contributed by atoms with van der Waals surface area (Å²) in [5.74, 6) is 1.26. The van der Waals surface area contributed by atoms with Gasteiger partial charge >= 0.3 is 5.97 Å². The van der Waals surface area contributed by atoms with Crippen LogP contribution in [0.1, 0.15) is 25.0 Å². The lowest BCUT2D eigenvalue weighted by Gasteiger charge is -2.15. The Morgan fingerprint density at radius 1 is 0.969 bits per heavy atom. The maximum Gasteiger partial charge on any atom is 0.335 e. The Kier molecular flexibility index (Phi) is 8.70. The van der Waals surface area contributed by atoms with Crippen LogP contribution in [0.15, 0.2) is 66.7 Å². The summed E-state index contributed by atoms with van der Waals surface area (Å²) in [5, 5.41) is 2.30. The molecule has 0 saturated carbocycles. The van der Waals surface area contributed by atoms with Crippen LogP contribution in [0.4, 0.5) is 0 Å². The van der Waals surface area contributed by atoms with Crippen molar-refractivity contribution in [2.24, 2.45) is 0 Å². The molecule has 0 heterocycles. The Bertz CT molecular complexity index is 1040. The van der Waals surface area contributed by atoms with Crippen LogP contribution >= 0.6 is 0 Å². The molecule has 0 unspecified atom stereocenters. The zero-order valence-electron chi connectivity index (χ0n) is 18.9. The lowest BCUT2D eigenvalue weighted by atomic mass is 10.0. The molecule has 0 aromatic heterocycles. The minimum Gasteiger partial charge on any atom is -0.496 e. The number of benzene rings is 3. The first-order chi connectivity index (χ1) is 15.7. The molecule has 0 fully saturated rings. The summed E-state index contributed by atoms with van der Waals surface area (Å²) in [4.78, 5) is 12.0. The average molecular weight is 435 g/mol. The maximum atomic E-state index is 12.0. The highest BCUT2D eigenvalue weighted by Gasteiger charge is 2.20. The zero-order chi connectivity index (χ0) is 22.8. The van der Waals surface area contributed by atoms with Crippen LogP contribution in [0.3, 0.4) is 0 Å². The highest BCUT2D eigenvalue weighted by molar-refractivity contribution is 5.93. The SMILES string of the molecule is CCOC(=O)[C@H](Cc1ccc(OCC=Cc2c(OC)ccc3ccccc23)cc1)OCC. The van der Waals surface area contributed by atoms with Crippen molar-refractivity contribution < 1.29 is 23.7 Å². The van der Waals surface area contributed by atoms with Crippen molar-refractivity contribution in [3.8, 4) is 11.5 Å². The zero-order valence-corrected chi connectivity index (χ0v) is 18.9. The molecule has 0 spiro atoms. The lowest BCUT2D eigenvalue weighted by molar-refractivity contribution is -0.156. The van der Waals surface area contributed by atoms with E-state index in [-0.39, 0.29) is 5.97 Å². The van der Waals surface area contributed by atoms with Crippen molar-refractivity contribution in [2.45, 2.75) is 26.4 Å². The molecule has 1 atom stereocenters. The third kappa shape index (κ3) is 6.11. The Morgan fingerprint density at radius 3 is 2.47 bits per heavy atom. The standard InChI is InChI=1S/C27H30O5/c1-4-30-26(27(28)31-5-2)19-20-12-15-22(16-13-20)32-18-8-11-24-23-10-7-6-9-21(23)14-17-25(24)29-3/h6-17,26H,4-5,18-19H2,1-3H3/t26-/m0/s1. The van der Waals surface area contributed by atoms with Crippen molar-refractivity contribution in [1.82, 2.24) is 0 Å². The topological polar surface area (TPSA) is 54.0 Å². The molecule has 3 rings (SSSR count). The highest BCUT2D eigenvalue weighted by atomic mass is 16.6. The monoisotopic (exact) mass is 434 g/mol. The van der Waals surface area contributed by atoms with Crippen LogP contribution in [-0.4, -0.2) is 39.0 Å². The summed E-state index contributed by atoms with van der Waals surface area (Å²) in [6, 6.07) is 19.9. The molecule has 3 aromatic carbocycles. The number of hydrogen-bond donors (Lipinski definition) is 0. The average Bonchev–Trinajstić information content (AvgIpc) is 2.82. The number of rotatable bonds is 11. The first kappa shape index (κ1) is 23.4. The molecule has 0 bridgehead atoms. The number of carbonyl (C=O) groups is 1. The Hall–Kier alpha value is -3.31. The lowest BCUT2D eigenvalue weighted by Crippen LogP contribution is -2.28. The quantitative estimate of drug-likeness (QED) is 0.376. The molecule has 0 aliphatic carbocycles. The third-order valence-corrected chi connectivity index (χ3v) is 5.04. The van der Waals surface area contributed by atoms with E-state index in [1.165, 1.54) is 0 Å². The van der Waals surface area contributed by atoms with E-state index in [1.807, 2.05) is 61.5 Å². The van der Waals surface area contributed by atoms with Gasteiger partial charge in [0.1, 0.15) is 18.1 Å². The molecule has 0 saturated heterocycles. The second-order valence-corrected chi connectivity index (χ2v) is 7.16. The number of carbonyl (C=O) groups excluding carboxylic acids is 1. The Balaban J connectivity index is 1.61. The van der Waals surface area contributed by atoms with Gasteiger partial charge in [-0.3, -0.25) is 0 Å². The van der Waals surface area contributed by atoms with Gasteiger partial charge in [-0.2, -0.15) is 0 Å². The van der Waals surface area contributed by atoms with Crippen molar-refractivity contribution in [1.29, 1.82) is 0 Å². The van der Waals surface area contributed by atoms with Gasteiger partial charge in [0.25, 0.3) is 0 Å². The fourth-order valence-corrected chi connectivity index (χ4v) is 3.52. The minimum absolute atomic E-state index is 0.330. The van der Waals surface area contributed by atoms with Crippen molar-refractivity contribution in [2.75, 3.05) is 26.9 Å². The molecule has 0 radical (unpaired) electrons. The minimum atomic E-state index is -0.592. The largest absolute Gasteiger partial charge is 0.496 e. The number of fused-ring (bicyclic) bond motifs is 1. The molecule has 0 aliphatic rings. The van der Waals surface area contributed by atoms with Gasteiger partial charge in [0, 0.05) is 18.6 Å². The van der Waals surface area contributed by atoms with Crippen molar-refractivity contribution in [3.05, 3.63) is 77.9 Å². The van der Waals surface area contributed by atoms with Crippen LogP contribution in [0.25, 0.3) is 16.8 Å². The summed E-state index contributed by atoms with van der Waals surface area (Å²) in [6.07, 6.45) is 3.88. The summed E-state index contributed by atoms with van der Waals surface area (Å²) in [5.41, 5.74) is 2.02. The first-order valence-electron chi connectivity index (χ1n) is 10.9.